The minimum atomic E-state index is -0.612. The highest BCUT2D eigenvalue weighted by atomic mass is 16.6. The van der Waals surface area contributed by atoms with Gasteiger partial charge in [-0.25, -0.2) is 19.2 Å². The molecule has 2 atom stereocenters. The number of nitrogens with zero attached hydrogens (tertiary/aromatic N) is 1. The lowest BCUT2D eigenvalue weighted by atomic mass is 10.1. The van der Waals surface area contributed by atoms with Crippen molar-refractivity contribution in [3.8, 4) is 0 Å². The number of aliphatic hydroxyl groups is 1. The first-order valence-corrected chi connectivity index (χ1v) is 19.2. The van der Waals surface area contributed by atoms with Crippen molar-refractivity contribution < 1.29 is 43.2 Å². The van der Waals surface area contributed by atoms with Gasteiger partial charge >= 0.3 is 24.4 Å². The molecular formula is C42H59N5O9. The van der Waals surface area contributed by atoms with E-state index in [1.54, 1.807) is 20.8 Å². The van der Waals surface area contributed by atoms with Crippen molar-refractivity contribution in [1.82, 2.24) is 26.2 Å². The average Bonchev–Trinajstić information content (AvgIpc) is 3.17. The maximum atomic E-state index is 13.1. The summed E-state index contributed by atoms with van der Waals surface area (Å²) in [5.74, 6) is 0. The van der Waals surface area contributed by atoms with Crippen molar-refractivity contribution >= 4 is 24.4 Å². The van der Waals surface area contributed by atoms with Crippen LogP contribution in [0.3, 0.4) is 0 Å². The fourth-order valence-electron chi connectivity index (χ4n) is 5.61. The Labute approximate surface area is 330 Å². The number of rotatable bonds is 23. The van der Waals surface area contributed by atoms with E-state index in [9.17, 15) is 24.3 Å². The van der Waals surface area contributed by atoms with Crippen molar-refractivity contribution in [2.24, 2.45) is 0 Å². The number of hydrogen-bond acceptors (Lipinski definition) is 10. The van der Waals surface area contributed by atoms with Crippen LogP contribution < -0.4 is 21.3 Å². The van der Waals surface area contributed by atoms with Crippen molar-refractivity contribution in [2.45, 2.75) is 90.4 Å². The number of carbonyl (C=O) groups excluding carboxylic acids is 4. The van der Waals surface area contributed by atoms with Crippen LogP contribution in [-0.4, -0.2) is 91.4 Å². The Bertz CT molecular complexity index is 1560. The second kappa shape index (κ2) is 25.7. The Balaban J connectivity index is 1.70. The zero-order chi connectivity index (χ0) is 40.4. The zero-order valence-corrected chi connectivity index (χ0v) is 32.9. The van der Waals surface area contributed by atoms with E-state index in [1.165, 1.54) is 0 Å². The monoisotopic (exact) mass is 777 g/mol. The molecule has 0 saturated carbocycles. The van der Waals surface area contributed by atoms with Gasteiger partial charge in [-0.15, -0.1) is 0 Å². The number of hydrogen-bond donors (Lipinski definition) is 5. The van der Waals surface area contributed by atoms with E-state index in [0.29, 0.717) is 58.3 Å². The van der Waals surface area contributed by atoms with Crippen LogP contribution in [0, 0.1) is 0 Å². The van der Waals surface area contributed by atoms with Gasteiger partial charge in [0.15, 0.2) is 0 Å². The minimum absolute atomic E-state index is 0.0686. The molecule has 306 valence electrons. The van der Waals surface area contributed by atoms with Gasteiger partial charge in [0.05, 0.1) is 0 Å². The number of ether oxygens (including phenoxy) is 4. The first kappa shape index (κ1) is 45.1. The van der Waals surface area contributed by atoms with Crippen LogP contribution >= 0.6 is 0 Å². The molecule has 56 heavy (non-hydrogen) atoms. The van der Waals surface area contributed by atoms with Crippen LogP contribution in [0.2, 0.25) is 0 Å². The molecule has 2 unspecified atom stereocenters. The van der Waals surface area contributed by atoms with Crippen LogP contribution in [0.4, 0.5) is 19.2 Å². The fourth-order valence-corrected chi connectivity index (χ4v) is 5.61. The first-order valence-electron chi connectivity index (χ1n) is 19.2. The maximum absolute atomic E-state index is 13.1. The lowest BCUT2D eigenvalue weighted by Gasteiger charge is -2.31. The third kappa shape index (κ3) is 20.9. The highest BCUT2D eigenvalue weighted by Crippen LogP contribution is 2.11. The van der Waals surface area contributed by atoms with Gasteiger partial charge in [0, 0.05) is 51.4 Å². The van der Waals surface area contributed by atoms with Gasteiger partial charge in [0.1, 0.15) is 25.4 Å². The average molecular weight is 778 g/mol. The van der Waals surface area contributed by atoms with Crippen LogP contribution in [0.5, 0.6) is 0 Å². The quantitative estimate of drug-likeness (QED) is 0.0545. The summed E-state index contributed by atoms with van der Waals surface area (Å²) in [6.45, 7) is 7.22. The number of aliphatic hydroxyl groups excluding tert-OH is 1. The van der Waals surface area contributed by atoms with Crippen molar-refractivity contribution in [2.75, 3.05) is 39.3 Å². The summed E-state index contributed by atoms with van der Waals surface area (Å²) in [7, 11) is 0. The number of alkyl carbamates (subject to hydrolysis) is 4. The van der Waals surface area contributed by atoms with Crippen LogP contribution in [0.25, 0.3) is 0 Å². The van der Waals surface area contributed by atoms with Crippen LogP contribution in [-0.2, 0) is 38.8 Å². The zero-order valence-electron chi connectivity index (χ0n) is 32.9. The van der Waals surface area contributed by atoms with Gasteiger partial charge in [-0.2, -0.15) is 0 Å². The van der Waals surface area contributed by atoms with Gasteiger partial charge in [-0.3, -0.25) is 4.90 Å². The normalized spacial score (nSPS) is 12.2. The van der Waals surface area contributed by atoms with Gasteiger partial charge in [-0.1, -0.05) is 91.0 Å². The van der Waals surface area contributed by atoms with Gasteiger partial charge < -0.3 is 45.3 Å². The molecule has 0 aliphatic rings. The lowest BCUT2D eigenvalue weighted by molar-refractivity contribution is 0.0526. The van der Waals surface area contributed by atoms with Crippen molar-refractivity contribution in [1.29, 1.82) is 0 Å². The number of unbranched alkanes of at least 4 members (excludes halogenated alkanes) is 1. The smallest absolute Gasteiger partial charge is 0.407 e. The molecule has 0 radical (unpaired) electrons. The van der Waals surface area contributed by atoms with Crippen LogP contribution in [0.15, 0.2) is 91.0 Å². The second-order valence-electron chi connectivity index (χ2n) is 14.3. The van der Waals surface area contributed by atoms with Crippen molar-refractivity contribution in [3.63, 3.8) is 0 Å². The lowest BCUT2D eigenvalue weighted by Crippen LogP contribution is -2.51. The number of carbonyl (C=O) groups is 4. The summed E-state index contributed by atoms with van der Waals surface area (Å²) in [5, 5.41) is 21.2. The SMILES string of the molecule is CC(C)(C)OC(=O)NCCCCC(CN(CCNC(=O)OCc1ccccc1)CC(CCCO)NC(=O)OCc1ccccc1)NC(=O)OCc1ccccc1. The highest BCUT2D eigenvalue weighted by molar-refractivity contribution is 5.68. The molecule has 0 bridgehead atoms. The Morgan fingerprint density at radius 2 is 1.02 bits per heavy atom. The highest BCUT2D eigenvalue weighted by Gasteiger charge is 2.23. The molecule has 0 heterocycles. The Hall–Kier alpha value is -5.34. The standard InChI is InChI=1S/C42H59N5O9/c1-42(2,3)56-39(50)43-24-14-13-22-36(45-40(51)54-31-34-18-9-5-10-19-34)28-47(26-25-44-38(49)53-30-33-16-7-4-8-17-33)29-37(23-15-27-48)46-41(52)55-32-35-20-11-6-12-21-35/h4-12,16-21,36-37,48H,13-15,22-32H2,1-3H3,(H,43,50)(H,44,49)(H,45,51)(H,46,52). The molecule has 0 aliphatic carbocycles. The Morgan fingerprint density at radius 3 is 1.46 bits per heavy atom. The summed E-state index contributed by atoms with van der Waals surface area (Å²) >= 11 is 0. The van der Waals surface area contributed by atoms with E-state index in [4.69, 9.17) is 18.9 Å². The predicted molar refractivity (Wildman–Crippen MR) is 213 cm³/mol. The van der Waals surface area contributed by atoms with E-state index in [2.05, 4.69) is 21.3 Å². The molecule has 3 aromatic carbocycles. The Kier molecular flexibility index (Phi) is 20.7. The van der Waals surface area contributed by atoms with E-state index < -0.39 is 42.1 Å². The van der Waals surface area contributed by atoms with E-state index in [0.717, 1.165) is 16.7 Å². The van der Waals surface area contributed by atoms with Crippen LogP contribution in [0.1, 0.15) is 69.6 Å². The largest absolute Gasteiger partial charge is 0.445 e. The third-order valence-electron chi connectivity index (χ3n) is 8.30. The van der Waals surface area contributed by atoms with Gasteiger partial charge in [-0.05, 0) is 69.6 Å². The van der Waals surface area contributed by atoms with E-state index >= 15 is 0 Å². The predicted octanol–water partition coefficient (Wildman–Crippen LogP) is 6.27. The Morgan fingerprint density at radius 1 is 0.589 bits per heavy atom. The molecule has 14 nitrogen and oxygen atoms in total. The number of amides is 4. The summed E-state index contributed by atoms with van der Waals surface area (Å²) in [5.41, 5.74) is 1.93. The fraction of sp³-hybridized carbons (Fsp3) is 0.476. The second-order valence-corrected chi connectivity index (χ2v) is 14.3. The molecule has 0 spiro atoms. The summed E-state index contributed by atoms with van der Waals surface area (Å²) in [6.07, 6.45) is 0.421. The molecule has 0 saturated heterocycles. The molecule has 3 aromatic rings. The molecule has 5 N–H and O–H groups in total. The van der Waals surface area contributed by atoms with E-state index in [1.807, 2.05) is 95.9 Å². The summed E-state index contributed by atoms with van der Waals surface area (Å²) in [6, 6.07) is 27.2. The van der Waals surface area contributed by atoms with Gasteiger partial charge in [0.25, 0.3) is 0 Å². The first-order chi connectivity index (χ1) is 27.0. The summed E-state index contributed by atoms with van der Waals surface area (Å²) in [4.78, 5) is 52.9. The number of benzene rings is 3. The maximum Gasteiger partial charge on any atom is 0.407 e. The third-order valence-corrected chi connectivity index (χ3v) is 8.30. The number of nitrogens with one attached hydrogen (secondary N) is 4. The molecule has 0 aliphatic heterocycles. The molecular weight excluding hydrogens is 718 g/mol. The molecule has 0 aromatic heterocycles. The molecule has 4 amide bonds. The van der Waals surface area contributed by atoms with Crippen molar-refractivity contribution in [3.05, 3.63) is 108 Å². The topological polar surface area (TPSA) is 177 Å². The minimum Gasteiger partial charge on any atom is -0.445 e. The molecule has 3 rings (SSSR count). The molecule has 14 heteroatoms. The van der Waals surface area contributed by atoms with E-state index in [-0.39, 0.29) is 33.0 Å². The van der Waals surface area contributed by atoms with Gasteiger partial charge in [0.2, 0.25) is 0 Å². The summed E-state index contributed by atoms with van der Waals surface area (Å²) < 4.78 is 21.8. The molecule has 0 fully saturated rings.